The maximum Gasteiger partial charge on any atom is 0.263 e. The summed E-state index contributed by atoms with van der Waals surface area (Å²) < 4.78 is 5.93. The molecular weight excluding hydrogens is 449 g/mol. The number of nitrogens with one attached hydrogen (secondary N) is 1. The number of benzene rings is 1. The Morgan fingerprint density at radius 2 is 1.81 bits per heavy atom. The Morgan fingerprint density at radius 3 is 2.38 bits per heavy atom. The Balaban J connectivity index is 1.40. The van der Waals surface area contributed by atoms with Crippen molar-refractivity contribution in [3.05, 3.63) is 52.1 Å². The van der Waals surface area contributed by atoms with E-state index in [2.05, 4.69) is 15.2 Å². The fourth-order valence-electron chi connectivity index (χ4n) is 4.65. The quantitative estimate of drug-likeness (QED) is 0.590. The van der Waals surface area contributed by atoms with E-state index < -0.39 is 5.60 Å². The van der Waals surface area contributed by atoms with Crippen molar-refractivity contribution in [3.63, 3.8) is 0 Å². The minimum Gasteiger partial charge on any atom is -0.476 e. The summed E-state index contributed by atoms with van der Waals surface area (Å²) in [4.78, 5) is 31.4. The van der Waals surface area contributed by atoms with Crippen LogP contribution in [-0.4, -0.2) is 40.4 Å². The molecule has 2 aliphatic heterocycles. The van der Waals surface area contributed by atoms with Crippen LogP contribution in [-0.2, 0) is 4.79 Å². The van der Waals surface area contributed by atoms with E-state index in [9.17, 15) is 9.59 Å². The first-order valence-electron chi connectivity index (χ1n) is 10.8. The van der Waals surface area contributed by atoms with Gasteiger partial charge in [0.05, 0.1) is 5.02 Å². The average Bonchev–Trinajstić information content (AvgIpc) is 3.00. The highest BCUT2D eigenvalue weighted by Crippen LogP contribution is 2.39. The summed E-state index contributed by atoms with van der Waals surface area (Å²) in [6.45, 7) is 5.01. The molecule has 4 rings (SSSR count). The van der Waals surface area contributed by atoms with Crippen molar-refractivity contribution in [3.8, 4) is 5.75 Å². The van der Waals surface area contributed by atoms with Crippen molar-refractivity contribution in [2.45, 2.75) is 70.2 Å². The molecule has 1 N–H and O–H groups in total. The van der Waals surface area contributed by atoms with Crippen LogP contribution < -0.4 is 15.0 Å². The van der Waals surface area contributed by atoms with Gasteiger partial charge in [0.1, 0.15) is 11.6 Å². The molecule has 1 aromatic heterocycles. The molecule has 2 unspecified atom stereocenters. The normalized spacial score (nSPS) is 22.5. The third kappa shape index (κ3) is 4.71. The molecule has 2 bridgehead atoms. The number of carbonyl (C=O) groups excluding carboxylic acids is 2. The Labute approximate surface area is 198 Å². The lowest BCUT2D eigenvalue weighted by atomic mass is 9.96. The van der Waals surface area contributed by atoms with Crippen LogP contribution in [0.15, 0.2) is 36.5 Å². The molecule has 2 aromatic rings. The SMILES string of the molecule is CC(=O)c1ccc(N2C3CCC2CC(NC(=O)C(C)(C)Oc2ccc(Cl)cc2Cl)C3)nc1. The molecule has 6 nitrogen and oxygen atoms in total. The summed E-state index contributed by atoms with van der Waals surface area (Å²) >= 11 is 12.2. The van der Waals surface area contributed by atoms with Crippen LogP contribution in [0.3, 0.4) is 0 Å². The topological polar surface area (TPSA) is 71.5 Å². The fraction of sp³-hybridized carbons (Fsp3) is 0.458. The smallest absolute Gasteiger partial charge is 0.263 e. The van der Waals surface area contributed by atoms with Crippen molar-refractivity contribution >= 4 is 40.7 Å². The number of fused-ring (bicyclic) bond motifs is 2. The first kappa shape index (κ1) is 22.9. The zero-order valence-corrected chi connectivity index (χ0v) is 19.9. The van der Waals surface area contributed by atoms with Crippen LogP contribution in [0.25, 0.3) is 0 Å². The molecule has 32 heavy (non-hydrogen) atoms. The zero-order chi connectivity index (χ0) is 23.0. The second-order valence-electron chi connectivity index (χ2n) is 9.08. The molecule has 2 fully saturated rings. The van der Waals surface area contributed by atoms with Gasteiger partial charge in [-0.1, -0.05) is 23.2 Å². The van der Waals surface area contributed by atoms with Gasteiger partial charge in [0, 0.05) is 34.9 Å². The second-order valence-corrected chi connectivity index (χ2v) is 9.93. The van der Waals surface area contributed by atoms with Crippen LogP contribution in [0, 0.1) is 0 Å². The number of Topliss-reactive ketones (excluding diaryl/α,β-unsaturated/α-hetero) is 1. The predicted molar refractivity (Wildman–Crippen MR) is 126 cm³/mol. The number of hydrogen-bond acceptors (Lipinski definition) is 5. The lowest BCUT2D eigenvalue weighted by molar-refractivity contribution is -0.135. The van der Waals surface area contributed by atoms with Gasteiger partial charge in [-0.2, -0.15) is 0 Å². The predicted octanol–water partition coefficient (Wildman–Crippen LogP) is 5.06. The largest absolute Gasteiger partial charge is 0.476 e. The molecule has 2 atom stereocenters. The number of aromatic nitrogens is 1. The minimum absolute atomic E-state index is 0.0122. The van der Waals surface area contributed by atoms with E-state index in [0.29, 0.717) is 33.4 Å². The monoisotopic (exact) mass is 475 g/mol. The molecular formula is C24H27Cl2N3O3. The van der Waals surface area contributed by atoms with Crippen LogP contribution in [0.2, 0.25) is 10.0 Å². The van der Waals surface area contributed by atoms with Crippen LogP contribution in [0.1, 0.15) is 56.8 Å². The van der Waals surface area contributed by atoms with Gasteiger partial charge < -0.3 is 15.0 Å². The lowest BCUT2D eigenvalue weighted by Crippen LogP contribution is -2.55. The fourth-order valence-corrected chi connectivity index (χ4v) is 5.10. The van der Waals surface area contributed by atoms with Gasteiger partial charge in [0.2, 0.25) is 0 Å². The number of carbonyl (C=O) groups is 2. The van der Waals surface area contributed by atoms with E-state index in [1.54, 1.807) is 45.2 Å². The summed E-state index contributed by atoms with van der Waals surface area (Å²) in [5.74, 6) is 1.16. The number of hydrogen-bond donors (Lipinski definition) is 1. The number of nitrogens with zero attached hydrogens (tertiary/aromatic N) is 2. The molecule has 170 valence electrons. The maximum absolute atomic E-state index is 13.0. The van der Waals surface area contributed by atoms with Gasteiger partial charge in [-0.25, -0.2) is 4.98 Å². The van der Waals surface area contributed by atoms with Crippen molar-refractivity contribution < 1.29 is 14.3 Å². The molecule has 1 amide bonds. The maximum atomic E-state index is 13.0. The standard InChI is InChI=1S/C24H27Cl2N3O3/c1-14(30)15-4-9-22(27-13-15)29-18-6-7-19(29)12-17(11-18)28-23(31)24(2,3)32-21-8-5-16(25)10-20(21)26/h4-5,8-10,13,17-19H,6-7,11-12H2,1-3H3,(H,28,31). The van der Waals surface area contributed by atoms with Crippen molar-refractivity contribution in [2.24, 2.45) is 0 Å². The molecule has 0 spiro atoms. The summed E-state index contributed by atoms with van der Waals surface area (Å²) in [6.07, 6.45) is 5.46. The van der Waals surface area contributed by atoms with Gasteiger partial charge in [-0.3, -0.25) is 9.59 Å². The molecule has 2 saturated heterocycles. The van der Waals surface area contributed by atoms with E-state index in [1.165, 1.54) is 0 Å². The highest BCUT2D eigenvalue weighted by atomic mass is 35.5. The van der Waals surface area contributed by atoms with Crippen LogP contribution in [0.4, 0.5) is 5.82 Å². The van der Waals surface area contributed by atoms with Crippen molar-refractivity contribution in [1.82, 2.24) is 10.3 Å². The van der Waals surface area contributed by atoms with E-state index in [4.69, 9.17) is 27.9 Å². The Kier molecular flexibility index (Phi) is 6.37. The number of amides is 1. The van der Waals surface area contributed by atoms with Crippen LogP contribution in [0.5, 0.6) is 5.75 Å². The van der Waals surface area contributed by atoms with Crippen LogP contribution >= 0.6 is 23.2 Å². The third-order valence-electron chi connectivity index (χ3n) is 6.29. The van der Waals surface area contributed by atoms with Gasteiger partial charge in [-0.15, -0.1) is 0 Å². The first-order valence-corrected chi connectivity index (χ1v) is 11.6. The van der Waals surface area contributed by atoms with Crippen molar-refractivity contribution in [2.75, 3.05) is 4.90 Å². The Bertz CT molecular complexity index is 1010. The number of ether oxygens (including phenoxy) is 1. The van der Waals surface area contributed by atoms with Gasteiger partial charge in [0.15, 0.2) is 11.4 Å². The molecule has 3 heterocycles. The number of piperidine rings is 1. The summed E-state index contributed by atoms with van der Waals surface area (Å²) in [6, 6.07) is 9.39. The number of pyridine rings is 1. The zero-order valence-electron chi connectivity index (χ0n) is 18.4. The minimum atomic E-state index is -1.09. The second kappa shape index (κ2) is 8.91. The molecule has 0 aliphatic carbocycles. The lowest BCUT2D eigenvalue weighted by Gasteiger charge is -2.40. The van der Waals surface area contributed by atoms with E-state index in [1.807, 2.05) is 12.1 Å². The van der Waals surface area contributed by atoms with Gasteiger partial charge in [0.25, 0.3) is 5.91 Å². The van der Waals surface area contributed by atoms with Gasteiger partial charge >= 0.3 is 0 Å². The third-order valence-corrected chi connectivity index (χ3v) is 6.82. The van der Waals surface area contributed by atoms with E-state index >= 15 is 0 Å². The Hall–Kier alpha value is -2.31. The van der Waals surface area contributed by atoms with Crippen molar-refractivity contribution in [1.29, 1.82) is 0 Å². The number of halogens is 2. The van der Waals surface area contributed by atoms with Gasteiger partial charge in [-0.05, 0) is 76.8 Å². The first-order chi connectivity index (χ1) is 15.1. The number of rotatable bonds is 6. The molecule has 0 radical (unpaired) electrons. The molecule has 2 aliphatic rings. The number of anilines is 1. The average molecular weight is 476 g/mol. The van der Waals surface area contributed by atoms with E-state index in [0.717, 1.165) is 31.5 Å². The Morgan fingerprint density at radius 1 is 1.12 bits per heavy atom. The molecule has 1 aromatic carbocycles. The number of ketones is 1. The highest BCUT2D eigenvalue weighted by molar-refractivity contribution is 6.35. The van der Waals surface area contributed by atoms with E-state index in [-0.39, 0.29) is 17.7 Å². The molecule has 8 heteroatoms. The summed E-state index contributed by atoms with van der Waals surface area (Å²) in [5.41, 5.74) is -0.469. The summed E-state index contributed by atoms with van der Waals surface area (Å²) in [7, 11) is 0. The molecule has 0 saturated carbocycles. The summed E-state index contributed by atoms with van der Waals surface area (Å²) in [5, 5.41) is 4.06. The highest BCUT2D eigenvalue weighted by Gasteiger charge is 2.43.